The fraction of sp³-hybridized carbons (Fsp3) is 0.636. The van der Waals surface area contributed by atoms with Gasteiger partial charge < -0.3 is 10.8 Å². The predicted molar refractivity (Wildman–Crippen MR) is 62.3 cm³/mol. The van der Waals surface area contributed by atoms with E-state index in [2.05, 4.69) is 10.00 Å². The first-order valence-electron chi connectivity index (χ1n) is 5.79. The number of rotatable bonds is 4. The van der Waals surface area contributed by atoms with Gasteiger partial charge in [-0.25, -0.2) is 0 Å². The lowest BCUT2D eigenvalue weighted by molar-refractivity contribution is -0.142. The number of hydrogen-bond acceptors (Lipinski definition) is 4. The molecule has 1 fully saturated rings. The fourth-order valence-electron chi connectivity index (χ4n) is 2.14. The van der Waals surface area contributed by atoms with Gasteiger partial charge in [-0.05, 0) is 13.3 Å². The number of aliphatic carboxylic acids is 1. The summed E-state index contributed by atoms with van der Waals surface area (Å²) in [4.78, 5) is 13.1. The van der Waals surface area contributed by atoms with Crippen LogP contribution in [-0.4, -0.2) is 44.4 Å². The van der Waals surface area contributed by atoms with Crippen molar-refractivity contribution in [3.63, 3.8) is 0 Å². The highest BCUT2D eigenvalue weighted by atomic mass is 16.4. The van der Waals surface area contributed by atoms with Crippen LogP contribution in [0.4, 0.5) is 0 Å². The molecule has 1 atom stereocenters. The van der Waals surface area contributed by atoms with Gasteiger partial charge in [0.2, 0.25) is 0 Å². The first-order chi connectivity index (χ1) is 8.03. The van der Waals surface area contributed by atoms with Crippen LogP contribution in [0.2, 0.25) is 0 Å². The maximum atomic E-state index is 11.0. The number of aromatic nitrogens is 2. The molecule has 6 nitrogen and oxygen atoms in total. The molecule has 1 aliphatic rings. The third-order valence-electron chi connectivity index (χ3n) is 3.22. The third-order valence-corrected chi connectivity index (χ3v) is 3.22. The van der Waals surface area contributed by atoms with Crippen LogP contribution < -0.4 is 5.73 Å². The van der Waals surface area contributed by atoms with Gasteiger partial charge in [0.25, 0.3) is 0 Å². The lowest BCUT2D eigenvalue weighted by atomic mass is 10.0. The van der Waals surface area contributed by atoms with Crippen molar-refractivity contribution in [1.29, 1.82) is 0 Å². The minimum Gasteiger partial charge on any atom is -0.480 e. The zero-order valence-corrected chi connectivity index (χ0v) is 9.96. The first-order valence-corrected chi connectivity index (χ1v) is 5.79. The number of nitrogens with two attached hydrogens (primary N) is 1. The Morgan fingerprint density at radius 1 is 1.71 bits per heavy atom. The smallest absolute Gasteiger partial charge is 0.325 e. The average Bonchev–Trinajstić information content (AvgIpc) is 2.87. The normalized spacial score (nSPS) is 25.3. The maximum absolute atomic E-state index is 11.0. The summed E-state index contributed by atoms with van der Waals surface area (Å²) in [5.74, 6) is -0.913. The van der Waals surface area contributed by atoms with E-state index in [1.165, 1.54) is 0 Å². The molecule has 0 spiro atoms. The summed E-state index contributed by atoms with van der Waals surface area (Å²) in [7, 11) is 0. The minimum atomic E-state index is -1.08. The Morgan fingerprint density at radius 2 is 2.47 bits per heavy atom. The standard InChI is InChI=1S/C11H18N4O2/c1-2-15-7-9(5-13-15)6-14-4-3-11(12,8-14)10(16)17/h5,7H,2-4,6,8,12H2,1H3,(H,16,17). The van der Waals surface area contributed by atoms with Gasteiger partial charge >= 0.3 is 5.97 Å². The van der Waals surface area contributed by atoms with Crippen LogP contribution >= 0.6 is 0 Å². The second kappa shape index (κ2) is 4.46. The fourth-order valence-corrected chi connectivity index (χ4v) is 2.14. The van der Waals surface area contributed by atoms with Crippen molar-refractivity contribution in [3.05, 3.63) is 18.0 Å². The molecule has 2 rings (SSSR count). The molecule has 3 N–H and O–H groups in total. The number of carboxylic acid groups (broad SMARTS) is 1. The second-order valence-corrected chi connectivity index (χ2v) is 4.63. The number of carbonyl (C=O) groups is 1. The predicted octanol–water partition coefficient (Wildman–Crippen LogP) is -0.109. The van der Waals surface area contributed by atoms with Crippen LogP contribution in [0.15, 0.2) is 12.4 Å². The van der Waals surface area contributed by atoms with Crippen molar-refractivity contribution >= 4 is 5.97 Å². The van der Waals surface area contributed by atoms with E-state index in [4.69, 9.17) is 10.8 Å². The van der Waals surface area contributed by atoms with Crippen molar-refractivity contribution in [2.24, 2.45) is 5.73 Å². The monoisotopic (exact) mass is 238 g/mol. The molecule has 6 heteroatoms. The van der Waals surface area contributed by atoms with Crippen LogP contribution in [-0.2, 0) is 17.9 Å². The van der Waals surface area contributed by atoms with Crippen LogP contribution in [0.1, 0.15) is 18.9 Å². The lowest BCUT2D eigenvalue weighted by Gasteiger charge is -2.19. The van der Waals surface area contributed by atoms with E-state index < -0.39 is 11.5 Å². The van der Waals surface area contributed by atoms with E-state index in [1.54, 1.807) is 0 Å². The van der Waals surface area contributed by atoms with Gasteiger partial charge in [-0.3, -0.25) is 14.4 Å². The van der Waals surface area contributed by atoms with E-state index in [9.17, 15) is 4.79 Å². The average molecular weight is 238 g/mol. The number of nitrogens with zero attached hydrogens (tertiary/aromatic N) is 3. The zero-order valence-electron chi connectivity index (χ0n) is 9.96. The summed E-state index contributed by atoms with van der Waals surface area (Å²) >= 11 is 0. The van der Waals surface area contributed by atoms with Gasteiger partial charge in [0.1, 0.15) is 5.54 Å². The zero-order chi connectivity index (χ0) is 12.5. The molecule has 1 aromatic heterocycles. The van der Waals surface area contributed by atoms with Crippen LogP contribution in [0.3, 0.4) is 0 Å². The highest BCUT2D eigenvalue weighted by Gasteiger charge is 2.41. The Bertz CT molecular complexity index is 417. The molecule has 94 valence electrons. The van der Waals surface area contributed by atoms with Crippen molar-refractivity contribution in [3.8, 4) is 0 Å². The molecule has 1 aliphatic heterocycles. The third kappa shape index (κ3) is 2.48. The van der Waals surface area contributed by atoms with E-state index in [0.717, 1.165) is 18.7 Å². The number of carboxylic acids is 1. The number of hydrogen-bond donors (Lipinski definition) is 2. The quantitative estimate of drug-likeness (QED) is 0.764. The summed E-state index contributed by atoms with van der Waals surface area (Å²) in [6.07, 6.45) is 4.31. The highest BCUT2D eigenvalue weighted by Crippen LogP contribution is 2.20. The molecule has 1 aromatic rings. The molecular weight excluding hydrogens is 220 g/mol. The van der Waals surface area contributed by atoms with Crippen LogP contribution in [0.25, 0.3) is 0 Å². The van der Waals surface area contributed by atoms with E-state index in [-0.39, 0.29) is 0 Å². The van der Waals surface area contributed by atoms with Crippen LogP contribution in [0, 0.1) is 0 Å². The Balaban J connectivity index is 1.96. The van der Waals surface area contributed by atoms with Crippen molar-refractivity contribution in [1.82, 2.24) is 14.7 Å². The maximum Gasteiger partial charge on any atom is 0.325 e. The van der Waals surface area contributed by atoms with Gasteiger partial charge in [-0.15, -0.1) is 0 Å². The Morgan fingerprint density at radius 3 is 3.00 bits per heavy atom. The van der Waals surface area contributed by atoms with Gasteiger partial charge in [0.15, 0.2) is 0 Å². The first kappa shape index (κ1) is 12.1. The number of aryl methyl sites for hydroxylation is 1. The van der Waals surface area contributed by atoms with Gasteiger partial charge in [-0.1, -0.05) is 0 Å². The second-order valence-electron chi connectivity index (χ2n) is 4.63. The largest absolute Gasteiger partial charge is 0.480 e. The molecule has 0 bridgehead atoms. The number of likely N-dealkylation sites (tertiary alicyclic amines) is 1. The molecule has 2 heterocycles. The van der Waals surface area contributed by atoms with E-state index >= 15 is 0 Å². The van der Waals surface area contributed by atoms with Gasteiger partial charge in [-0.2, -0.15) is 5.10 Å². The van der Waals surface area contributed by atoms with E-state index in [1.807, 2.05) is 24.0 Å². The molecule has 17 heavy (non-hydrogen) atoms. The molecule has 0 radical (unpaired) electrons. The Kier molecular flexibility index (Phi) is 3.17. The SMILES string of the molecule is CCn1cc(CN2CCC(N)(C(=O)O)C2)cn1. The summed E-state index contributed by atoms with van der Waals surface area (Å²) in [5, 5.41) is 13.2. The van der Waals surface area contributed by atoms with Gasteiger partial charge in [0, 0.05) is 37.9 Å². The lowest BCUT2D eigenvalue weighted by Crippen LogP contribution is -2.50. The molecule has 1 saturated heterocycles. The molecule has 0 amide bonds. The van der Waals surface area contributed by atoms with Crippen molar-refractivity contribution in [2.75, 3.05) is 13.1 Å². The van der Waals surface area contributed by atoms with Crippen molar-refractivity contribution < 1.29 is 9.90 Å². The molecule has 1 unspecified atom stereocenters. The topological polar surface area (TPSA) is 84.4 Å². The summed E-state index contributed by atoms with van der Waals surface area (Å²) in [5.41, 5.74) is 5.83. The Hall–Kier alpha value is -1.40. The van der Waals surface area contributed by atoms with Crippen molar-refractivity contribution in [2.45, 2.75) is 32.0 Å². The Labute approximate surface area is 100 Å². The van der Waals surface area contributed by atoms with Gasteiger partial charge in [0.05, 0.1) is 6.20 Å². The molecule has 0 aromatic carbocycles. The van der Waals surface area contributed by atoms with Crippen LogP contribution in [0.5, 0.6) is 0 Å². The summed E-state index contributed by atoms with van der Waals surface area (Å²) in [6, 6.07) is 0. The highest BCUT2D eigenvalue weighted by molar-refractivity contribution is 5.79. The van der Waals surface area contributed by atoms with E-state index in [0.29, 0.717) is 19.5 Å². The molecule has 0 saturated carbocycles. The minimum absolute atomic E-state index is 0.402. The molecular formula is C11H18N4O2. The summed E-state index contributed by atoms with van der Waals surface area (Å²) in [6.45, 7) is 4.71. The summed E-state index contributed by atoms with van der Waals surface area (Å²) < 4.78 is 1.86. The molecule has 0 aliphatic carbocycles.